The lowest BCUT2D eigenvalue weighted by molar-refractivity contribution is -0.0455. The number of rotatable bonds is 4. The summed E-state index contributed by atoms with van der Waals surface area (Å²) in [5, 5.41) is 0. The van der Waals surface area contributed by atoms with Crippen LogP contribution in [0.15, 0.2) is 18.5 Å². The van der Waals surface area contributed by atoms with Gasteiger partial charge in [-0.3, -0.25) is 9.69 Å². The molecule has 4 heteroatoms. The molecular weight excluding hydrogens is 228 g/mol. The number of hydrogen-bond donors (Lipinski definition) is 0. The third-order valence-electron chi connectivity index (χ3n) is 3.47. The number of carbonyl (C=O) groups excluding carboxylic acids is 1. The molecule has 0 radical (unpaired) electrons. The van der Waals surface area contributed by atoms with Crippen molar-refractivity contribution in [1.82, 2.24) is 9.47 Å². The minimum Gasteiger partial charge on any atom is -0.374 e. The van der Waals surface area contributed by atoms with Crippen molar-refractivity contribution < 1.29 is 9.53 Å². The van der Waals surface area contributed by atoms with Gasteiger partial charge in [0, 0.05) is 43.6 Å². The lowest BCUT2D eigenvalue weighted by atomic mass is 10.2. The Morgan fingerprint density at radius 3 is 2.94 bits per heavy atom. The number of nitrogens with zero attached hydrogens (tertiary/aromatic N) is 2. The summed E-state index contributed by atoms with van der Waals surface area (Å²) in [6.45, 7) is 9.61. The van der Waals surface area contributed by atoms with Crippen LogP contribution in [-0.4, -0.2) is 47.1 Å². The Kier molecular flexibility index (Phi) is 4.19. The van der Waals surface area contributed by atoms with Crippen molar-refractivity contribution in [1.29, 1.82) is 0 Å². The van der Waals surface area contributed by atoms with Crippen molar-refractivity contribution in [3.8, 4) is 0 Å². The summed E-state index contributed by atoms with van der Waals surface area (Å²) < 4.78 is 7.83. The zero-order chi connectivity index (χ0) is 13.1. The van der Waals surface area contributed by atoms with Gasteiger partial charge in [-0.1, -0.05) is 0 Å². The highest BCUT2D eigenvalue weighted by Crippen LogP contribution is 2.12. The highest BCUT2D eigenvalue weighted by molar-refractivity contribution is 5.93. The molecule has 1 aliphatic heterocycles. The van der Waals surface area contributed by atoms with E-state index in [4.69, 9.17) is 4.74 Å². The second kappa shape index (κ2) is 5.67. The summed E-state index contributed by atoms with van der Waals surface area (Å²) in [6, 6.07) is 2.43. The Morgan fingerprint density at radius 1 is 1.56 bits per heavy atom. The fourth-order valence-electron chi connectivity index (χ4n) is 2.32. The maximum atomic E-state index is 11.2. The zero-order valence-electron chi connectivity index (χ0n) is 11.4. The summed E-state index contributed by atoms with van der Waals surface area (Å²) in [6.07, 6.45) is 4.07. The summed E-state index contributed by atoms with van der Waals surface area (Å²) in [4.78, 5) is 13.7. The van der Waals surface area contributed by atoms with Crippen molar-refractivity contribution in [2.24, 2.45) is 0 Å². The van der Waals surface area contributed by atoms with E-state index in [0.717, 1.165) is 31.8 Å². The third-order valence-corrected chi connectivity index (χ3v) is 3.47. The SMILES string of the molecule is CC(=O)c1ccn(CC2CN(C(C)C)CCO2)c1. The molecule has 0 aliphatic carbocycles. The molecule has 0 spiro atoms. The highest BCUT2D eigenvalue weighted by atomic mass is 16.5. The van der Waals surface area contributed by atoms with Gasteiger partial charge >= 0.3 is 0 Å². The Labute approximate surface area is 109 Å². The van der Waals surface area contributed by atoms with E-state index in [0.29, 0.717) is 6.04 Å². The Morgan fingerprint density at radius 2 is 2.33 bits per heavy atom. The molecule has 1 unspecified atom stereocenters. The largest absolute Gasteiger partial charge is 0.374 e. The van der Waals surface area contributed by atoms with Crippen molar-refractivity contribution in [3.05, 3.63) is 24.0 Å². The summed E-state index contributed by atoms with van der Waals surface area (Å²) >= 11 is 0. The molecule has 1 aromatic heterocycles. The molecule has 2 heterocycles. The van der Waals surface area contributed by atoms with Crippen LogP contribution in [-0.2, 0) is 11.3 Å². The van der Waals surface area contributed by atoms with Gasteiger partial charge in [-0.15, -0.1) is 0 Å². The molecule has 0 amide bonds. The number of ketones is 1. The lowest BCUT2D eigenvalue weighted by Gasteiger charge is -2.35. The van der Waals surface area contributed by atoms with E-state index in [9.17, 15) is 4.79 Å². The van der Waals surface area contributed by atoms with Crippen molar-refractivity contribution in [3.63, 3.8) is 0 Å². The maximum Gasteiger partial charge on any atom is 0.161 e. The monoisotopic (exact) mass is 250 g/mol. The molecule has 1 atom stereocenters. The van der Waals surface area contributed by atoms with Crippen LogP contribution in [0.5, 0.6) is 0 Å². The Bertz CT molecular complexity index is 412. The average molecular weight is 250 g/mol. The second-order valence-electron chi connectivity index (χ2n) is 5.23. The molecule has 0 aromatic carbocycles. The van der Waals surface area contributed by atoms with E-state index in [1.165, 1.54) is 0 Å². The number of Topliss-reactive ketones (excluding diaryl/α,β-unsaturated/α-hetero) is 1. The lowest BCUT2D eigenvalue weighted by Crippen LogP contribution is -2.47. The zero-order valence-corrected chi connectivity index (χ0v) is 11.4. The predicted octanol–water partition coefficient (Wildman–Crippen LogP) is 1.80. The van der Waals surface area contributed by atoms with E-state index in [-0.39, 0.29) is 11.9 Å². The normalized spacial score (nSPS) is 21.4. The van der Waals surface area contributed by atoms with Gasteiger partial charge in [0.1, 0.15) is 0 Å². The van der Waals surface area contributed by atoms with Crippen LogP contribution in [0, 0.1) is 0 Å². The van der Waals surface area contributed by atoms with E-state index < -0.39 is 0 Å². The van der Waals surface area contributed by atoms with Crippen molar-refractivity contribution >= 4 is 5.78 Å². The molecule has 18 heavy (non-hydrogen) atoms. The first-order valence-corrected chi connectivity index (χ1v) is 6.58. The Hall–Kier alpha value is -1.13. The molecule has 1 fully saturated rings. The first kappa shape index (κ1) is 13.3. The molecule has 4 nitrogen and oxygen atoms in total. The Balaban J connectivity index is 1.94. The molecule has 100 valence electrons. The van der Waals surface area contributed by atoms with E-state index in [1.807, 2.05) is 23.0 Å². The summed E-state index contributed by atoms with van der Waals surface area (Å²) in [7, 11) is 0. The van der Waals surface area contributed by atoms with Crippen LogP contribution in [0.4, 0.5) is 0 Å². The fraction of sp³-hybridized carbons (Fsp3) is 0.643. The van der Waals surface area contributed by atoms with Crippen LogP contribution < -0.4 is 0 Å². The van der Waals surface area contributed by atoms with Crippen LogP contribution >= 0.6 is 0 Å². The maximum absolute atomic E-state index is 11.2. The van der Waals surface area contributed by atoms with Gasteiger partial charge in [0.05, 0.1) is 12.7 Å². The van der Waals surface area contributed by atoms with Crippen LogP contribution in [0.2, 0.25) is 0 Å². The van der Waals surface area contributed by atoms with Gasteiger partial charge in [0.2, 0.25) is 0 Å². The first-order valence-electron chi connectivity index (χ1n) is 6.58. The molecule has 1 saturated heterocycles. The van der Waals surface area contributed by atoms with E-state index in [2.05, 4.69) is 18.7 Å². The number of aromatic nitrogens is 1. The van der Waals surface area contributed by atoms with E-state index in [1.54, 1.807) is 6.92 Å². The van der Waals surface area contributed by atoms with Gasteiger partial charge in [0.25, 0.3) is 0 Å². The molecule has 0 saturated carbocycles. The van der Waals surface area contributed by atoms with Gasteiger partial charge in [-0.05, 0) is 26.8 Å². The first-order chi connectivity index (χ1) is 8.56. The minimum absolute atomic E-state index is 0.113. The van der Waals surface area contributed by atoms with E-state index >= 15 is 0 Å². The van der Waals surface area contributed by atoms with Gasteiger partial charge < -0.3 is 9.30 Å². The third kappa shape index (κ3) is 3.21. The standard InChI is InChI=1S/C14H22N2O2/c1-11(2)16-6-7-18-14(10-16)9-15-5-4-13(8-15)12(3)17/h4-5,8,11,14H,6-7,9-10H2,1-3H3. The number of hydrogen-bond acceptors (Lipinski definition) is 3. The minimum atomic E-state index is 0.113. The fourth-order valence-corrected chi connectivity index (χ4v) is 2.32. The summed E-state index contributed by atoms with van der Waals surface area (Å²) in [5.74, 6) is 0.113. The van der Waals surface area contributed by atoms with Crippen molar-refractivity contribution in [2.45, 2.75) is 39.5 Å². The van der Waals surface area contributed by atoms with Gasteiger partial charge in [-0.25, -0.2) is 0 Å². The quantitative estimate of drug-likeness (QED) is 0.764. The molecule has 0 N–H and O–H groups in total. The average Bonchev–Trinajstić information content (AvgIpc) is 2.78. The molecular formula is C14H22N2O2. The summed E-state index contributed by atoms with van der Waals surface area (Å²) in [5.41, 5.74) is 0.770. The smallest absolute Gasteiger partial charge is 0.161 e. The van der Waals surface area contributed by atoms with Gasteiger partial charge in [0.15, 0.2) is 5.78 Å². The molecule has 1 aliphatic rings. The highest BCUT2D eigenvalue weighted by Gasteiger charge is 2.22. The van der Waals surface area contributed by atoms with Crippen LogP contribution in [0.3, 0.4) is 0 Å². The molecule has 2 rings (SSSR count). The number of ether oxygens (including phenoxy) is 1. The molecule has 0 bridgehead atoms. The number of carbonyl (C=O) groups is 1. The van der Waals surface area contributed by atoms with Gasteiger partial charge in [-0.2, -0.15) is 0 Å². The second-order valence-corrected chi connectivity index (χ2v) is 5.23. The topological polar surface area (TPSA) is 34.5 Å². The molecule has 1 aromatic rings. The van der Waals surface area contributed by atoms with Crippen molar-refractivity contribution in [2.75, 3.05) is 19.7 Å². The van der Waals surface area contributed by atoms with Crippen LogP contribution in [0.25, 0.3) is 0 Å². The predicted molar refractivity (Wildman–Crippen MR) is 70.9 cm³/mol. The number of morpholine rings is 1. The van der Waals surface area contributed by atoms with Crippen LogP contribution in [0.1, 0.15) is 31.1 Å².